The van der Waals surface area contributed by atoms with Crippen LogP contribution in [-0.4, -0.2) is 25.2 Å². The lowest BCUT2D eigenvalue weighted by molar-refractivity contribution is -0.384. The largest absolute Gasteiger partial charge is 0.507 e. The number of non-ortho nitro benzene ring substituents is 1. The Morgan fingerprint density at radius 2 is 1.80 bits per heavy atom. The monoisotopic (exact) mass is 350 g/mol. The lowest BCUT2D eigenvalue weighted by Crippen LogP contribution is -2.04. The van der Waals surface area contributed by atoms with E-state index >= 15 is 0 Å². The zero-order chi connectivity index (χ0) is 18.2. The minimum Gasteiger partial charge on any atom is -0.507 e. The normalized spacial score (nSPS) is 11.5. The number of alkyl halides is 3. The molecule has 25 heavy (non-hydrogen) atoms. The summed E-state index contributed by atoms with van der Waals surface area (Å²) in [7, 11) is 0. The number of phenols is 1. The molecule has 1 aromatic heterocycles. The molecule has 0 spiro atoms. The molecule has 0 aliphatic heterocycles. The minimum absolute atomic E-state index is 0.0519. The van der Waals surface area contributed by atoms with Crippen LogP contribution >= 0.6 is 0 Å². The number of H-pyrrole nitrogens is 1. The second-order valence-corrected chi connectivity index (χ2v) is 5.04. The van der Waals surface area contributed by atoms with Gasteiger partial charge in [0.05, 0.1) is 16.1 Å². The molecule has 1 heterocycles. The molecule has 0 bridgehead atoms. The van der Waals surface area contributed by atoms with E-state index in [2.05, 4.69) is 15.2 Å². The van der Waals surface area contributed by atoms with E-state index in [0.717, 1.165) is 30.3 Å². The Bertz CT molecular complexity index is 936. The first-order valence-electron chi connectivity index (χ1n) is 6.83. The summed E-state index contributed by atoms with van der Waals surface area (Å²) in [5.74, 6) is -0.105. The number of aromatic hydroxyl groups is 1. The molecule has 10 heteroatoms. The van der Waals surface area contributed by atoms with E-state index in [1.54, 1.807) is 0 Å². The number of rotatable bonds is 3. The van der Waals surface area contributed by atoms with Crippen LogP contribution < -0.4 is 0 Å². The first kappa shape index (κ1) is 16.4. The fourth-order valence-electron chi connectivity index (χ4n) is 2.15. The predicted molar refractivity (Wildman–Crippen MR) is 80.6 cm³/mol. The molecular weight excluding hydrogens is 341 g/mol. The number of benzene rings is 2. The number of nitro benzene ring substituents is 1. The van der Waals surface area contributed by atoms with Crippen molar-refractivity contribution < 1.29 is 23.2 Å². The summed E-state index contributed by atoms with van der Waals surface area (Å²) in [6, 6.07) is 7.62. The van der Waals surface area contributed by atoms with Gasteiger partial charge in [-0.25, -0.2) is 4.98 Å². The Hall–Kier alpha value is -3.43. The van der Waals surface area contributed by atoms with Gasteiger partial charge in [0.2, 0.25) is 0 Å². The maximum atomic E-state index is 12.6. The first-order valence-corrected chi connectivity index (χ1v) is 6.83. The molecule has 7 nitrogen and oxygen atoms in total. The Morgan fingerprint density at radius 1 is 1.12 bits per heavy atom. The van der Waals surface area contributed by atoms with E-state index in [4.69, 9.17) is 0 Å². The van der Waals surface area contributed by atoms with Gasteiger partial charge in [-0.3, -0.25) is 15.2 Å². The van der Waals surface area contributed by atoms with Crippen molar-refractivity contribution in [3.05, 3.63) is 58.1 Å². The number of hydrogen-bond donors (Lipinski definition) is 2. The number of halogens is 3. The molecule has 2 aromatic carbocycles. The van der Waals surface area contributed by atoms with Crippen molar-refractivity contribution in [3.63, 3.8) is 0 Å². The average Bonchev–Trinajstić information content (AvgIpc) is 3.04. The summed E-state index contributed by atoms with van der Waals surface area (Å²) in [6.45, 7) is 0. The molecule has 2 N–H and O–H groups in total. The number of nitrogens with one attached hydrogen (secondary N) is 1. The number of phenolic OH excluding ortho intramolecular Hbond substituents is 1. The molecule has 3 aromatic rings. The van der Waals surface area contributed by atoms with Gasteiger partial charge in [-0.1, -0.05) is 12.1 Å². The average molecular weight is 350 g/mol. The minimum atomic E-state index is -4.45. The molecule has 0 fully saturated rings. The molecule has 0 saturated heterocycles. The maximum absolute atomic E-state index is 12.6. The lowest BCUT2D eigenvalue weighted by atomic mass is 10.1. The number of nitro groups is 1. The van der Waals surface area contributed by atoms with Crippen molar-refractivity contribution in [1.29, 1.82) is 0 Å². The number of hydrogen-bond acceptors (Lipinski definition) is 5. The SMILES string of the molecule is O=[N+]([O-])c1ccc(O)c(-c2nc(-c3ccc(C(F)(F)F)cc3)n[nH]2)c1. The standard InChI is InChI=1S/C15H9F3N4O3/c16-15(17,18)9-3-1-8(2-4-9)13-19-14(21-20-13)11-7-10(22(24)25)5-6-12(11)23/h1-7,23H,(H,19,20,21). The van der Waals surface area contributed by atoms with Gasteiger partial charge in [0.1, 0.15) is 5.75 Å². The van der Waals surface area contributed by atoms with E-state index < -0.39 is 16.7 Å². The van der Waals surface area contributed by atoms with E-state index in [1.165, 1.54) is 12.1 Å². The smallest absolute Gasteiger partial charge is 0.416 e. The summed E-state index contributed by atoms with van der Waals surface area (Å²) < 4.78 is 37.7. The predicted octanol–water partition coefficient (Wildman–Crippen LogP) is 3.77. The summed E-state index contributed by atoms with van der Waals surface area (Å²) in [6.07, 6.45) is -4.45. The van der Waals surface area contributed by atoms with Crippen LogP contribution in [-0.2, 0) is 6.18 Å². The van der Waals surface area contributed by atoms with Crippen LogP contribution in [0.5, 0.6) is 5.75 Å². The van der Waals surface area contributed by atoms with E-state index in [0.29, 0.717) is 5.56 Å². The molecule has 0 unspecified atom stereocenters. The quantitative estimate of drug-likeness (QED) is 0.552. The van der Waals surface area contributed by atoms with Crippen LogP contribution in [0.2, 0.25) is 0 Å². The maximum Gasteiger partial charge on any atom is 0.416 e. The van der Waals surface area contributed by atoms with Gasteiger partial charge in [-0.05, 0) is 18.2 Å². The molecule has 0 radical (unpaired) electrons. The molecule has 0 amide bonds. The van der Waals surface area contributed by atoms with Crippen LogP contribution in [0.15, 0.2) is 42.5 Å². The van der Waals surface area contributed by atoms with Crippen molar-refractivity contribution >= 4 is 5.69 Å². The fourth-order valence-corrected chi connectivity index (χ4v) is 2.15. The Kier molecular flexibility index (Phi) is 3.87. The van der Waals surface area contributed by atoms with Crippen LogP contribution in [0.25, 0.3) is 22.8 Å². The van der Waals surface area contributed by atoms with Crippen molar-refractivity contribution in [3.8, 4) is 28.5 Å². The third kappa shape index (κ3) is 3.27. The number of nitrogens with zero attached hydrogens (tertiary/aromatic N) is 3. The zero-order valence-electron chi connectivity index (χ0n) is 12.3. The van der Waals surface area contributed by atoms with Crippen LogP contribution in [0.1, 0.15) is 5.56 Å². The van der Waals surface area contributed by atoms with Crippen LogP contribution in [0.3, 0.4) is 0 Å². The molecular formula is C15H9F3N4O3. The zero-order valence-corrected chi connectivity index (χ0v) is 12.3. The first-order chi connectivity index (χ1) is 11.8. The Balaban J connectivity index is 1.96. The van der Waals surface area contributed by atoms with Gasteiger partial charge in [0.15, 0.2) is 11.6 Å². The van der Waals surface area contributed by atoms with Gasteiger partial charge in [0, 0.05) is 17.7 Å². The second kappa shape index (κ2) is 5.89. The van der Waals surface area contributed by atoms with Crippen molar-refractivity contribution in [2.75, 3.05) is 0 Å². The highest BCUT2D eigenvalue weighted by molar-refractivity contribution is 5.69. The van der Waals surface area contributed by atoms with Gasteiger partial charge in [-0.2, -0.15) is 18.3 Å². The third-order valence-electron chi connectivity index (χ3n) is 3.40. The van der Waals surface area contributed by atoms with E-state index in [-0.39, 0.29) is 28.6 Å². The third-order valence-corrected chi connectivity index (χ3v) is 3.40. The Morgan fingerprint density at radius 3 is 2.40 bits per heavy atom. The second-order valence-electron chi connectivity index (χ2n) is 5.04. The summed E-state index contributed by atoms with van der Waals surface area (Å²) in [4.78, 5) is 14.3. The molecule has 0 aliphatic carbocycles. The van der Waals surface area contributed by atoms with E-state index in [9.17, 15) is 28.4 Å². The van der Waals surface area contributed by atoms with Crippen molar-refractivity contribution in [2.45, 2.75) is 6.18 Å². The Labute approximate surface area is 137 Å². The molecule has 3 rings (SSSR count). The fraction of sp³-hybridized carbons (Fsp3) is 0.0667. The summed E-state index contributed by atoms with van der Waals surface area (Å²) in [5, 5.41) is 27.0. The van der Waals surface area contributed by atoms with Crippen LogP contribution in [0.4, 0.5) is 18.9 Å². The highest BCUT2D eigenvalue weighted by atomic mass is 19.4. The van der Waals surface area contributed by atoms with E-state index in [1.807, 2.05) is 0 Å². The summed E-state index contributed by atoms with van der Waals surface area (Å²) in [5.41, 5.74) is -0.677. The lowest BCUT2D eigenvalue weighted by Gasteiger charge is -2.06. The van der Waals surface area contributed by atoms with Gasteiger partial charge >= 0.3 is 6.18 Å². The summed E-state index contributed by atoms with van der Waals surface area (Å²) >= 11 is 0. The van der Waals surface area contributed by atoms with Crippen molar-refractivity contribution in [2.24, 2.45) is 0 Å². The highest BCUT2D eigenvalue weighted by Gasteiger charge is 2.30. The molecule has 0 aliphatic rings. The van der Waals surface area contributed by atoms with Crippen molar-refractivity contribution in [1.82, 2.24) is 15.2 Å². The van der Waals surface area contributed by atoms with Gasteiger partial charge in [0.25, 0.3) is 5.69 Å². The van der Waals surface area contributed by atoms with Crippen LogP contribution in [0, 0.1) is 10.1 Å². The molecule has 0 saturated carbocycles. The highest BCUT2D eigenvalue weighted by Crippen LogP contribution is 2.33. The molecule has 128 valence electrons. The molecule has 0 atom stereocenters. The van der Waals surface area contributed by atoms with Gasteiger partial charge in [-0.15, -0.1) is 0 Å². The number of aromatic nitrogens is 3. The number of aromatic amines is 1. The topological polar surface area (TPSA) is 105 Å². The van der Waals surface area contributed by atoms with Gasteiger partial charge < -0.3 is 5.11 Å².